The van der Waals surface area contributed by atoms with Crippen molar-refractivity contribution < 1.29 is 9.90 Å². The van der Waals surface area contributed by atoms with Gasteiger partial charge in [-0.25, -0.2) is 9.97 Å². The standard InChI is InChI=1S/C20H24N4O2/c25-11-10-23-6-8-24(9-7-23)20-21-14-17-18(22-20)12-16(13-19(17)26)15-4-2-1-3-5-15/h1-5,14,16,25H,6-13H2. The van der Waals surface area contributed by atoms with Gasteiger partial charge < -0.3 is 10.0 Å². The molecule has 1 aliphatic heterocycles. The van der Waals surface area contributed by atoms with E-state index in [-0.39, 0.29) is 18.3 Å². The fraction of sp³-hybridized carbons (Fsp3) is 0.450. The van der Waals surface area contributed by atoms with Gasteiger partial charge in [-0.1, -0.05) is 30.3 Å². The van der Waals surface area contributed by atoms with E-state index >= 15 is 0 Å². The SMILES string of the molecule is O=C1CC(c2ccccc2)Cc2nc(N3CCN(CCO)CC3)ncc21. The largest absolute Gasteiger partial charge is 0.395 e. The number of rotatable bonds is 4. The van der Waals surface area contributed by atoms with Crippen molar-refractivity contribution in [1.29, 1.82) is 0 Å². The maximum Gasteiger partial charge on any atom is 0.225 e. The van der Waals surface area contributed by atoms with Crippen LogP contribution in [-0.4, -0.2) is 65.1 Å². The number of hydrogen-bond acceptors (Lipinski definition) is 6. The van der Waals surface area contributed by atoms with E-state index in [1.54, 1.807) is 6.20 Å². The first-order valence-corrected chi connectivity index (χ1v) is 9.27. The van der Waals surface area contributed by atoms with Gasteiger partial charge in [0.1, 0.15) is 0 Å². The number of β-amino-alcohol motifs (C(OH)–C–C–N with tert-alkyl or cyclic N) is 1. The van der Waals surface area contributed by atoms with Gasteiger partial charge >= 0.3 is 0 Å². The summed E-state index contributed by atoms with van der Waals surface area (Å²) in [5, 5.41) is 9.07. The lowest BCUT2D eigenvalue weighted by molar-refractivity contribution is 0.0962. The van der Waals surface area contributed by atoms with Crippen molar-refractivity contribution in [2.75, 3.05) is 44.2 Å². The van der Waals surface area contributed by atoms with Crippen LogP contribution in [0.25, 0.3) is 0 Å². The first-order chi connectivity index (χ1) is 12.7. The monoisotopic (exact) mass is 352 g/mol. The molecular weight excluding hydrogens is 328 g/mol. The Kier molecular flexibility index (Phi) is 4.95. The van der Waals surface area contributed by atoms with E-state index in [9.17, 15) is 4.79 Å². The summed E-state index contributed by atoms with van der Waals surface area (Å²) in [5.41, 5.74) is 2.75. The molecule has 136 valence electrons. The Bertz CT molecular complexity index is 773. The third-order valence-corrected chi connectivity index (χ3v) is 5.37. The van der Waals surface area contributed by atoms with Gasteiger partial charge in [0.05, 0.1) is 17.9 Å². The fourth-order valence-electron chi connectivity index (χ4n) is 3.86. The third kappa shape index (κ3) is 3.48. The Morgan fingerprint density at radius 3 is 2.58 bits per heavy atom. The van der Waals surface area contributed by atoms with Gasteiger partial charge in [0.15, 0.2) is 5.78 Å². The van der Waals surface area contributed by atoms with Crippen LogP contribution in [-0.2, 0) is 6.42 Å². The maximum atomic E-state index is 12.5. The minimum atomic E-state index is 0.138. The molecule has 4 rings (SSSR count). The van der Waals surface area contributed by atoms with E-state index in [4.69, 9.17) is 10.1 Å². The van der Waals surface area contributed by atoms with Crippen LogP contribution in [0.5, 0.6) is 0 Å². The van der Waals surface area contributed by atoms with Crippen LogP contribution in [0.1, 0.15) is 34.0 Å². The zero-order chi connectivity index (χ0) is 17.9. The van der Waals surface area contributed by atoms with Crippen LogP contribution in [0.3, 0.4) is 0 Å². The van der Waals surface area contributed by atoms with Gasteiger partial charge in [0, 0.05) is 45.3 Å². The van der Waals surface area contributed by atoms with Crippen LogP contribution in [0.2, 0.25) is 0 Å². The number of nitrogens with zero attached hydrogens (tertiary/aromatic N) is 4. The Labute approximate surface area is 153 Å². The number of hydrogen-bond donors (Lipinski definition) is 1. The molecule has 2 aliphatic rings. The lowest BCUT2D eigenvalue weighted by Crippen LogP contribution is -2.47. The zero-order valence-corrected chi connectivity index (χ0v) is 14.8. The third-order valence-electron chi connectivity index (χ3n) is 5.37. The van der Waals surface area contributed by atoms with Gasteiger partial charge in [-0.2, -0.15) is 0 Å². The Morgan fingerprint density at radius 1 is 1.08 bits per heavy atom. The van der Waals surface area contributed by atoms with E-state index in [1.807, 2.05) is 18.2 Å². The molecule has 1 fully saturated rings. The van der Waals surface area contributed by atoms with Crippen LogP contribution in [0, 0.1) is 0 Å². The van der Waals surface area contributed by atoms with E-state index in [0.29, 0.717) is 24.5 Å². The molecule has 26 heavy (non-hydrogen) atoms. The molecule has 1 atom stereocenters. The topological polar surface area (TPSA) is 69.6 Å². The summed E-state index contributed by atoms with van der Waals surface area (Å²) in [7, 11) is 0. The second kappa shape index (κ2) is 7.51. The highest BCUT2D eigenvalue weighted by Crippen LogP contribution is 2.32. The number of benzene rings is 1. The molecule has 0 saturated carbocycles. The highest BCUT2D eigenvalue weighted by Gasteiger charge is 2.29. The number of aliphatic hydroxyl groups is 1. The Balaban J connectivity index is 1.52. The zero-order valence-electron chi connectivity index (χ0n) is 14.8. The Hall–Kier alpha value is -2.31. The number of Topliss-reactive ketones (excluding diaryl/α,β-unsaturated/α-hetero) is 1. The van der Waals surface area contributed by atoms with Crippen LogP contribution >= 0.6 is 0 Å². The van der Waals surface area contributed by atoms with Gasteiger partial charge in [-0.15, -0.1) is 0 Å². The van der Waals surface area contributed by atoms with Crippen molar-refractivity contribution in [3.63, 3.8) is 0 Å². The number of piperazine rings is 1. The average molecular weight is 352 g/mol. The molecule has 1 unspecified atom stereocenters. The molecule has 1 saturated heterocycles. The number of carbonyl (C=O) groups is 1. The summed E-state index contributed by atoms with van der Waals surface area (Å²) >= 11 is 0. The minimum Gasteiger partial charge on any atom is -0.395 e. The van der Waals surface area contributed by atoms with E-state index in [0.717, 1.165) is 38.3 Å². The van der Waals surface area contributed by atoms with Crippen LogP contribution in [0.15, 0.2) is 36.5 Å². The van der Waals surface area contributed by atoms with Crippen LogP contribution < -0.4 is 4.90 Å². The van der Waals surface area contributed by atoms with E-state index in [1.165, 1.54) is 5.56 Å². The molecule has 1 aliphatic carbocycles. The first kappa shape index (κ1) is 17.1. The summed E-state index contributed by atoms with van der Waals surface area (Å²) in [4.78, 5) is 26.2. The second-order valence-electron chi connectivity index (χ2n) is 7.02. The molecule has 6 nitrogen and oxygen atoms in total. The smallest absolute Gasteiger partial charge is 0.225 e. The highest BCUT2D eigenvalue weighted by molar-refractivity contribution is 5.98. The normalized spacial score (nSPS) is 20.9. The van der Waals surface area contributed by atoms with Gasteiger partial charge in [0.25, 0.3) is 0 Å². The molecule has 0 radical (unpaired) electrons. The predicted octanol–water partition coefficient (Wildman–Crippen LogP) is 1.50. The molecule has 0 amide bonds. The van der Waals surface area contributed by atoms with Gasteiger partial charge in [0.2, 0.25) is 5.95 Å². The fourth-order valence-corrected chi connectivity index (χ4v) is 3.86. The summed E-state index contributed by atoms with van der Waals surface area (Å²) < 4.78 is 0. The van der Waals surface area contributed by atoms with Crippen molar-refractivity contribution in [1.82, 2.24) is 14.9 Å². The molecule has 1 aromatic heterocycles. The number of aliphatic hydroxyl groups excluding tert-OH is 1. The van der Waals surface area contributed by atoms with E-state index < -0.39 is 0 Å². The number of aromatic nitrogens is 2. The number of ketones is 1. The van der Waals surface area contributed by atoms with Crippen molar-refractivity contribution >= 4 is 11.7 Å². The lowest BCUT2D eigenvalue weighted by atomic mass is 9.82. The molecule has 1 N–H and O–H groups in total. The predicted molar refractivity (Wildman–Crippen MR) is 99.6 cm³/mol. The first-order valence-electron chi connectivity index (χ1n) is 9.27. The van der Waals surface area contributed by atoms with Gasteiger partial charge in [-0.05, 0) is 17.9 Å². The molecule has 2 aromatic rings. The Morgan fingerprint density at radius 2 is 1.85 bits per heavy atom. The quantitative estimate of drug-likeness (QED) is 0.899. The number of carbonyl (C=O) groups excluding carboxylic acids is 1. The van der Waals surface area contributed by atoms with Crippen molar-refractivity contribution in [2.45, 2.75) is 18.8 Å². The molecular formula is C20H24N4O2. The molecule has 0 bridgehead atoms. The van der Waals surface area contributed by atoms with Gasteiger partial charge in [-0.3, -0.25) is 9.69 Å². The summed E-state index contributed by atoms with van der Waals surface area (Å²) in [5.74, 6) is 1.05. The molecule has 6 heteroatoms. The highest BCUT2D eigenvalue weighted by atomic mass is 16.3. The van der Waals surface area contributed by atoms with Crippen molar-refractivity contribution in [3.8, 4) is 0 Å². The van der Waals surface area contributed by atoms with Crippen LogP contribution in [0.4, 0.5) is 5.95 Å². The number of fused-ring (bicyclic) bond motifs is 1. The number of anilines is 1. The summed E-state index contributed by atoms with van der Waals surface area (Å²) in [6, 6.07) is 10.2. The molecule has 1 aromatic carbocycles. The molecule has 0 spiro atoms. The maximum absolute atomic E-state index is 12.5. The minimum absolute atomic E-state index is 0.138. The van der Waals surface area contributed by atoms with Crippen molar-refractivity contribution in [3.05, 3.63) is 53.3 Å². The summed E-state index contributed by atoms with van der Waals surface area (Å²) in [6.07, 6.45) is 3.02. The lowest BCUT2D eigenvalue weighted by Gasteiger charge is -2.34. The van der Waals surface area contributed by atoms with E-state index in [2.05, 4.69) is 26.9 Å². The average Bonchev–Trinajstić information content (AvgIpc) is 2.69. The second-order valence-corrected chi connectivity index (χ2v) is 7.02. The molecule has 2 heterocycles. The van der Waals surface area contributed by atoms with Crippen molar-refractivity contribution in [2.24, 2.45) is 0 Å². The summed E-state index contributed by atoms with van der Waals surface area (Å²) in [6.45, 7) is 4.38.